The van der Waals surface area contributed by atoms with Gasteiger partial charge < -0.3 is 10.4 Å². The molecule has 16 heavy (non-hydrogen) atoms. The normalized spacial score (nSPS) is 11.5. The smallest absolute Gasteiger partial charge is 0.165 e. The van der Waals surface area contributed by atoms with Crippen molar-refractivity contribution in [2.75, 3.05) is 18.5 Å². The van der Waals surface area contributed by atoms with E-state index in [0.717, 1.165) is 12.8 Å². The van der Waals surface area contributed by atoms with Crippen LogP contribution in [0.15, 0.2) is 18.3 Å². The van der Waals surface area contributed by atoms with Crippen LogP contribution < -0.4 is 5.32 Å². The molecule has 0 fully saturated rings. The number of halogens is 1. The van der Waals surface area contributed by atoms with Crippen LogP contribution in [0.3, 0.4) is 0 Å². The van der Waals surface area contributed by atoms with Gasteiger partial charge in [0.2, 0.25) is 0 Å². The van der Waals surface area contributed by atoms with E-state index in [2.05, 4.69) is 10.3 Å². The highest BCUT2D eigenvalue weighted by Gasteiger charge is 2.25. The maximum Gasteiger partial charge on any atom is 0.165 e. The molecule has 0 atom stereocenters. The van der Waals surface area contributed by atoms with Crippen molar-refractivity contribution in [3.8, 4) is 0 Å². The molecule has 0 amide bonds. The first-order chi connectivity index (χ1) is 7.67. The maximum atomic E-state index is 13.3. The lowest BCUT2D eigenvalue weighted by atomic mass is 9.83. The summed E-state index contributed by atoms with van der Waals surface area (Å²) in [5.41, 5.74) is -0.191. The van der Waals surface area contributed by atoms with Crippen molar-refractivity contribution in [1.82, 2.24) is 4.98 Å². The molecule has 1 aromatic rings. The molecule has 1 aromatic heterocycles. The van der Waals surface area contributed by atoms with Crippen LogP contribution in [0.25, 0.3) is 0 Å². The van der Waals surface area contributed by atoms with Gasteiger partial charge in [0.15, 0.2) is 11.6 Å². The third kappa shape index (κ3) is 2.92. The van der Waals surface area contributed by atoms with Gasteiger partial charge in [-0.3, -0.25) is 0 Å². The summed E-state index contributed by atoms with van der Waals surface area (Å²) in [6.07, 6.45) is 3.24. The molecule has 2 N–H and O–H groups in total. The molecule has 0 aliphatic heterocycles. The number of nitrogens with one attached hydrogen (secondary N) is 1. The Morgan fingerprint density at radius 1 is 1.44 bits per heavy atom. The predicted molar refractivity (Wildman–Crippen MR) is 62.8 cm³/mol. The molecule has 4 heteroatoms. The van der Waals surface area contributed by atoms with Crippen LogP contribution in [0.5, 0.6) is 0 Å². The van der Waals surface area contributed by atoms with Crippen LogP contribution in [-0.2, 0) is 0 Å². The Kier molecular flexibility index (Phi) is 4.68. The number of rotatable bonds is 6. The molecule has 1 heterocycles. The van der Waals surface area contributed by atoms with Crippen molar-refractivity contribution in [2.45, 2.75) is 26.7 Å². The van der Waals surface area contributed by atoms with Gasteiger partial charge in [-0.1, -0.05) is 13.8 Å². The summed E-state index contributed by atoms with van der Waals surface area (Å²) in [7, 11) is 0. The number of aliphatic hydroxyl groups is 1. The minimum absolute atomic E-state index is 0.0987. The average Bonchev–Trinajstić information content (AvgIpc) is 2.34. The number of hydrogen-bond acceptors (Lipinski definition) is 3. The molecule has 0 aliphatic carbocycles. The summed E-state index contributed by atoms with van der Waals surface area (Å²) in [4.78, 5) is 3.92. The quantitative estimate of drug-likeness (QED) is 0.783. The van der Waals surface area contributed by atoms with Gasteiger partial charge >= 0.3 is 0 Å². The lowest BCUT2D eigenvalue weighted by Gasteiger charge is -2.29. The number of hydrogen-bond donors (Lipinski definition) is 2. The fourth-order valence-electron chi connectivity index (χ4n) is 1.57. The van der Waals surface area contributed by atoms with Gasteiger partial charge in [0.1, 0.15) is 0 Å². The summed E-state index contributed by atoms with van der Waals surface area (Å²) in [5, 5.41) is 12.3. The number of aliphatic hydroxyl groups excluding tert-OH is 1. The monoisotopic (exact) mass is 226 g/mol. The first kappa shape index (κ1) is 12.9. The molecular weight excluding hydrogens is 207 g/mol. The zero-order chi connectivity index (χ0) is 12.0. The van der Waals surface area contributed by atoms with E-state index in [-0.39, 0.29) is 23.7 Å². The molecule has 0 radical (unpaired) electrons. The summed E-state index contributed by atoms with van der Waals surface area (Å²) < 4.78 is 13.3. The van der Waals surface area contributed by atoms with Crippen LogP contribution in [-0.4, -0.2) is 23.2 Å². The molecular formula is C12H19FN2O. The van der Waals surface area contributed by atoms with E-state index in [1.54, 1.807) is 12.3 Å². The van der Waals surface area contributed by atoms with Gasteiger partial charge in [0.05, 0.1) is 6.61 Å². The van der Waals surface area contributed by atoms with Crippen LogP contribution >= 0.6 is 0 Å². The molecule has 0 spiro atoms. The van der Waals surface area contributed by atoms with Crippen LogP contribution in [0.4, 0.5) is 10.2 Å². The van der Waals surface area contributed by atoms with Crippen molar-refractivity contribution in [3.63, 3.8) is 0 Å². The Labute approximate surface area is 95.7 Å². The van der Waals surface area contributed by atoms with E-state index in [1.807, 2.05) is 13.8 Å². The third-order valence-corrected chi connectivity index (χ3v) is 3.22. The maximum absolute atomic E-state index is 13.3. The highest BCUT2D eigenvalue weighted by Crippen LogP contribution is 2.26. The van der Waals surface area contributed by atoms with Crippen molar-refractivity contribution in [2.24, 2.45) is 5.41 Å². The molecule has 1 rings (SSSR count). The van der Waals surface area contributed by atoms with Crippen molar-refractivity contribution in [1.29, 1.82) is 0 Å². The number of nitrogens with zero attached hydrogens (tertiary/aromatic N) is 1. The number of anilines is 1. The Morgan fingerprint density at radius 3 is 2.62 bits per heavy atom. The molecule has 90 valence electrons. The van der Waals surface area contributed by atoms with Crippen LogP contribution in [0.2, 0.25) is 0 Å². The van der Waals surface area contributed by atoms with Gasteiger partial charge in [0.25, 0.3) is 0 Å². The zero-order valence-corrected chi connectivity index (χ0v) is 9.83. The second-order valence-electron chi connectivity index (χ2n) is 4.05. The van der Waals surface area contributed by atoms with E-state index >= 15 is 0 Å². The molecule has 0 bridgehead atoms. The van der Waals surface area contributed by atoms with Gasteiger partial charge in [-0.15, -0.1) is 0 Å². The second kappa shape index (κ2) is 5.80. The first-order valence-electron chi connectivity index (χ1n) is 5.62. The van der Waals surface area contributed by atoms with Crippen LogP contribution in [0.1, 0.15) is 26.7 Å². The number of pyridine rings is 1. The summed E-state index contributed by atoms with van der Waals surface area (Å²) in [5.74, 6) is -0.108. The largest absolute Gasteiger partial charge is 0.396 e. The van der Waals surface area contributed by atoms with E-state index in [0.29, 0.717) is 6.54 Å². The van der Waals surface area contributed by atoms with E-state index in [1.165, 1.54) is 6.07 Å². The van der Waals surface area contributed by atoms with Crippen molar-refractivity contribution < 1.29 is 9.50 Å². The fraction of sp³-hybridized carbons (Fsp3) is 0.583. The Hall–Kier alpha value is -1.16. The Morgan fingerprint density at radius 2 is 2.12 bits per heavy atom. The van der Waals surface area contributed by atoms with E-state index < -0.39 is 0 Å². The number of aromatic nitrogens is 1. The van der Waals surface area contributed by atoms with Gasteiger partial charge in [-0.2, -0.15) is 0 Å². The minimum Gasteiger partial charge on any atom is -0.396 e. The second-order valence-corrected chi connectivity index (χ2v) is 4.05. The fourth-order valence-corrected chi connectivity index (χ4v) is 1.57. The lowest BCUT2D eigenvalue weighted by molar-refractivity contribution is 0.127. The topological polar surface area (TPSA) is 45.1 Å². The van der Waals surface area contributed by atoms with Gasteiger partial charge in [-0.05, 0) is 25.0 Å². The Bertz CT molecular complexity index is 318. The van der Waals surface area contributed by atoms with E-state index in [4.69, 9.17) is 0 Å². The third-order valence-electron chi connectivity index (χ3n) is 3.22. The summed E-state index contributed by atoms with van der Waals surface area (Å²) >= 11 is 0. The summed E-state index contributed by atoms with van der Waals surface area (Å²) in [6, 6.07) is 2.92. The SMILES string of the molecule is CCC(CC)(CO)CNc1ncccc1F. The molecule has 0 saturated heterocycles. The van der Waals surface area contributed by atoms with Crippen molar-refractivity contribution in [3.05, 3.63) is 24.1 Å². The predicted octanol–water partition coefficient (Wildman–Crippen LogP) is 2.43. The molecule has 0 aliphatic rings. The average molecular weight is 226 g/mol. The first-order valence-corrected chi connectivity index (χ1v) is 5.62. The summed E-state index contributed by atoms with van der Waals surface area (Å²) in [6.45, 7) is 4.68. The molecule has 3 nitrogen and oxygen atoms in total. The highest BCUT2D eigenvalue weighted by atomic mass is 19.1. The molecule has 0 saturated carbocycles. The lowest BCUT2D eigenvalue weighted by Crippen LogP contribution is -2.32. The highest BCUT2D eigenvalue weighted by molar-refractivity contribution is 5.35. The molecule has 0 unspecified atom stereocenters. The zero-order valence-electron chi connectivity index (χ0n) is 9.83. The standard InChI is InChI=1S/C12H19FN2O/c1-3-12(4-2,9-16)8-15-11-10(13)6-5-7-14-11/h5-7,16H,3-4,8-9H2,1-2H3,(H,14,15). The van der Waals surface area contributed by atoms with Crippen LogP contribution in [0, 0.1) is 11.2 Å². The minimum atomic E-state index is -0.360. The van der Waals surface area contributed by atoms with Gasteiger partial charge in [0, 0.05) is 18.2 Å². The molecule has 0 aromatic carbocycles. The Balaban J connectivity index is 2.66. The van der Waals surface area contributed by atoms with Crippen molar-refractivity contribution >= 4 is 5.82 Å². The van der Waals surface area contributed by atoms with E-state index in [9.17, 15) is 9.50 Å². The van der Waals surface area contributed by atoms with Gasteiger partial charge in [-0.25, -0.2) is 9.37 Å².